The van der Waals surface area contributed by atoms with Gasteiger partial charge in [-0.1, -0.05) is 109 Å². The molecule has 6 aromatic carbocycles. The fraction of sp³-hybridized carbons (Fsp3) is 0.0488. The van der Waals surface area contributed by atoms with E-state index in [1.807, 2.05) is 0 Å². The summed E-state index contributed by atoms with van der Waals surface area (Å²) in [6, 6.07) is 65.0. The van der Waals surface area contributed by atoms with Crippen LogP contribution in [0.2, 0.25) is 0 Å². The van der Waals surface area contributed by atoms with Gasteiger partial charge in [-0.3, -0.25) is 0 Å². The van der Waals surface area contributed by atoms with Crippen LogP contribution in [-0.4, -0.2) is 24.3 Å². The molecule has 0 aliphatic heterocycles. The number of aliphatic carboxylic acids is 2. The minimum absolute atomic E-state index is 0. The number of carboxylic acid groups (broad SMARTS) is 2. The maximum absolute atomic E-state index is 10.5. The van der Waals surface area contributed by atoms with Crippen molar-refractivity contribution in [2.75, 3.05) is 0 Å². The molecule has 0 bridgehead atoms. The van der Waals surface area contributed by atoms with Crippen LogP contribution >= 0.6 is 15.8 Å². The van der Waals surface area contributed by atoms with Crippen LogP contribution in [-0.2, 0) is 33.7 Å². The van der Waals surface area contributed by atoms with E-state index in [0.717, 1.165) is 0 Å². The van der Waals surface area contributed by atoms with Gasteiger partial charge in [0.2, 0.25) is 0 Å². The smallest absolute Gasteiger partial charge is 0.0620 e. The molecule has 0 fully saturated rings. The van der Waals surface area contributed by atoms with Crippen molar-refractivity contribution >= 4 is 59.6 Å². The molecule has 6 aromatic rings. The number of alkyl halides is 6. The van der Waals surface area contributed by atoms with E-state index < -0.39 is 40.1 Å². The molecule has 0 atom stereocenters. The van der Waals surface area contributed by atoms with Gasteiger partial charge in [-0.2, -0.15) is 26.3 Å². The Bertz CT molecular complexity index is 1630. The van der Waals surface area contributed by atoms with E-state index in [1.54, 1.807) is 0 Å². The second-order valence-corrected chi connectivity index (χ2v) is 15.5. The predicted molar refractivity (Wildman–Crippen MR) is 199 cm³/mol. The largest absolute Gasteiger partial charge is 2.00 e. The molecule has 0 heterocycles. The van der Waals surface area contributed by atoms with E-state index in [9.17, 15) is 26.3 Å². The average molecular weight is 882 g/mol. The fourth-order valence-electron chi connectivity index (χ4n) is 4.63. The molecule has 0 N–H and O–H groups in total. The van der Waals surface area contributed by atoms with Gasteiger partial charge >= 0.3 is 43.1 Å². The number of carbonyl (C=O) groups is 2. The monoisotopic (exact) mass is 882 g/mol. The Labute approximate surface area is 329 Å². The molecule has 0 saturated heterocycles. The molecule has 0 radical (unpaired) electrons. The third kappa shape index (κ3) is 17.4. The summed E-state index contributed by atoms with van der Waals surface area (Å²) in [5.74, 6) is -6.01. The Balaban J connectivity index is 0.000000395. The van der Waals surface area contributed by atoms with Crippen molar-refractivity contribution in [2.24, 2.45) is 0 Å². The zero-order valence-electron chi connectivity index (χ0n) is 28.5. The molecule has 0 amide bonds. The summed E-state index contributed by atoms with van der Waals surface area (Å²) in [4.78, 5) is 17.6. The van der Waals surface area contributed by atoms with Crippen molar-refractivity contribution in [2.45, 2.75) is 12.4 Å². The maximum atomic E-state index is 10.5. The minimum atomic E-state index is -5.19. The van der Waals surface area contributed by atoms with Gasteiger partial charge in [-0.05, 0) is 72.8 Å². The van der Waals surface area contributed by atoms with Gasteiger partial charge < -0.3 is 19.8 Å². The maximum Gasteiger partial charge on any atom is 2.00 e. The van der Waals surface area contributed by atoms with Crippen LogP contribution < -0.4 is 42.0 Å². The summed E-state index contributed by atoms with van der Waals surface area (Å²) in [5, 5.41) is 26.2. The first kappa shape index (κ1) is 48.1. The first-order valence-electron chi connectivity index (χ1n) is 15.6. The molecule has 0 saturated carbocycles. The van der Waals surface area contributed by atoms with E-state index in [2.05, 4.69) is 189 Å². The van der Waals surface area contributed by atoms with Gasteiger partial charge in [0.25, 0.3) is 0 Å². The van der Waals surface area contributed by atoms with Gasteiger partial charge in [-0.15, -0.1) is 0 Å². The number of carboxylic acids is 2. The second kappa shape index (κ2) is 25.2. The van der Waals surface area contributed by atoms with Crippen molar-refractivity contribution in [3.8, 4) is 0 Å². The van der Waals surface area contributed by atoms with Crippen LogP contribution in [0.1, 0.15) is 0 Å². The molecule has 14 heteroatoms. The standard InChI is InChI=1S/2C18H15P.2C2HF3O2.CO.Ru/c2*1-4-10-16(11-5-1)19(17-12-6-2-7-13-17)18-14-8-3-9-15-18;2*3-2(4,5)1(6)7;1-2;/h2*1-15H;2*(H,6,7);;/q;;;;;+2. The molecule has 0 unspecified atom stereocenters. The van der Waals surface area contributed by atoms with Gasteiger partial charge in [-0.25, -0.2) is 0 Å². The van der Waals surface area contributed by atoms with Gasteiger partial charge in [0.1, 0.15) is 43.8 Å². The molecule has 0 spiro atoms. The summed E-state index contributed by atoms with van der Waals surface area (Å²) >= 11 is 0. The number of benzene rings is 6. The SMILES string of the molecule is O=C([O-])C(F)(F)F.O=C([O-])C(F)(F)F.[C-]#[O+].[Ru+2].c1ccc([PH+](c2ccccc2)c2ccccc2)cc1.c1ccc([PH+](c2ccccc2)c2ccccc2)cc1. The fourth-order valence-corrected chi connectivity index (χ4v) is 9.78. The van der Waals surface area contributed by atoms with E-state index in [1.165, 1.54) is 31.8 Å². The topological polar surface area (TPSA) is 100 Å². The van der Waals surface area contributed by atoms with E-state index in [4.69, 9.17) is 24.5 Å². The van der Waals surface area contributed by atoms with Crippen molar-refractivity contribution < 1.29 is 70.3 Å². The number of hydrogen-bond donors (Lipinski definition) is 0. The normalized spacial score (nSPS) is 10.2. The summed E-state index contributed by atoms with van der Waals surface area (Å²) in [7, 11) is -1.75. The Hall–Kier alpha value is -4.94. The summed E-state index contributed by atoms with van der Waals surface area (Å²) in [6.45, 7) is 4.50. The Kier molecular flexibility index (Phi) is 22.0. The molecule has 6 rings (SSSR count). The van der Waals surface area contributed by atoms with Crippen molar-refractivity contribution in [3.05, 3.63) is 189 Å². The van der Waals surface area contributed by atoms with Crippen LogP contribution in [0.5, 0.6) is 0 Å². The molecule has 0 aromatic heterocycles. The van der Waals surface area contributed by atoms with Gasteiger partial charge in [0.15, 0.2) is 0 Å². The van der Waals surface area contributed by atoms with Crippen molar-refractivity contribution in [1.29, 1.82) is 0 Å². The summed E-state index contributed by atoms with van der Waals surface area (Å²) in [5.41, 5.74) is 0. The van der Waals surface area contributed by atoms with Crippen LogP contribution in [0, 0.1) is 6.65 Å². The molecular weight excluding hydrogens is 849 g/mol. The average Bonchev–Trinajstić information content (AvgIpc) is 3.18. The Morgan fingerprint density at radius 2 is 0.491 bits per heavy atom. The van der Waals surface area contributed by atoms with Crippen LogP contribution in [0.4, 0.5) is 26.3 Å². The quantitative estimate of drug-likeness (QED) is 0.0782. The van der Waals surface area contributed by atoms with E-state index in [-0.39, 0.29) is 19.5 Å². The number of rotatable bonds is 6. The third-order valence-electron chi connectivity index (χ3n) is 6.84. The summed E-state index contributed by atoms with van der Waals surface area (Å²) < 4.78 is 70.6. The first-order chi connectivity index (χ1) is 25.8. The zero-order valence-corrected chi connectivity index (χ0v) is 32.2. The molecule has 55 heavy (non-hydrogen) atoms. The van der Waals surface area contributed by atoms with Crippen LogP contribution in [0.15, 0.2) is 182 Å². The molecular formula is C41H32F6O5P2Ru+2. The van der Waals surface area contributed by atoms with Crippen LogP contribution in [0.3, 0.4) is 0 Å². The molecule has 0 aliphatic rings. The number of hydrogen-bond acceptors (Lipinski definition) is 4. The van der Waals surface area contributed by atoms with E-state index >= 15 is 0 Å². The second-order valence-electron chi connectivity index (χ2n) is 10.5. The van der Waals surface area contributed by atoms with Crippen LogP contribution in [0.25, 0.3) is 0 Å². The Morgan fingerprint density at radius 3 is 0.582 bits per heavy atom. The molecule has 5 nitrogen and oxygen atoms in total. The van der Waals surface area contributed by atoms with E-state index in [0.29, 0.717) is 0 Å². The minimum Gasteiger partial charge on any atom is -0.0620 e. The third-order valence-corrected chi connectivity index (χ3v) is 12.3. The first-order valence-corrected chi connectivity index (χ1v) is 18.6. The number of carbonyl (C=O) groups excluding carboxylic acids is 2. The summed E-state index contributed by atoms with van der Waals surface area (Å²) in [6.07, 6.45) is -10.4. The van der Waals surface area contributed by atoms with Gasteiger partial charge in [0, 0.05) is 0 Å². The molecule has 0 aliphatic carbocycles. The van der Waals surface area contributed by atoms with Crippen molar-refractivity contribution in [3.63, 3.8) is 0 Å². The Morgan fingerprint density at radius 1 is 0.382 bits per heavy atom. The number of halogens is 6. The molecule has 284 valence electrons. The van der Waals surface area contributed by atoms with Crippen molar-refractivity contribution in [1.82, 2.24) is 0 Å². The van der Waals surface area contributed by atoms with Gasteiger partial charge in [0.05, 0.1) is 15.8 Å². The zero-order chi connectivity index (χ0) is 40.0. The predicted octanol–water partition coefficient (Wildman–Crippen LogP) is 4.91.